The molecular formula is C15H19BrINO. The molecule has 1 fully saturated rings. The Hall–Kier alpha value is -0.100. The molecule has 0 spiro atoms. The van der Waals surface area contributed by atoms with Gasteiger partial charge in [-0.1, -0.05) is 29.8 Å². The largest absolute Gasteiger partial charge is 0.349 e. The number of benzene rings is 1. The van der Waals surface area contributed by atoms with Crippen LogP contribution in [-0.2, 0) is 0 Å². The third kappa shape index (κ3) is 4.18. The van der Waals surface area contributed by atoms with E-state index >= 15 is 0 Å². The van der Waals surface area contributed by atoms with Gasteiger partial charge in [-0.15, -0.1) is 0 Å². The van der Waals surface area contributed by atoms with Crippen LogP contribution in [0.25, 0.3) is 0 Å². The van der Waals surface area contributed by atoms with Gasteiger partial charge < -0.3 is 5.32 Å². The minimum atomic E-state index is 0.0528. The van der Waals surface area contributed by atoms with Crippen molar-refractivity contribution < 1.29 is 4.79 Å². The molecule has 1 aliphatic rings. The molecule has 1 aromatic carbocycles. The number of nitrogens with one attached hydrogen (secondary N) is 1. The first-order valence-corrected chi connectivity index (χ1v) is 8.58. The number of hydrogen-bond acceptors (Lipinski definition) is 1. The molecule has 2 rings (SSSR count). The van der Waals surface area contributed by atoms with Crippen LogP contribution in [0.4, 0.5) is 0 Å². The summed E-state index contributed by atoms with van der Waals surface area (Å²) in [5.41, 5.74) is 0.765. The fourth-order valence-electron chi connectivity index (χ4n) is 3.00. The Bertz CT molecular complexity index is 467. The van der Waals surface area contributed by atoms with E-state index < -0.39 is 0 Å². The Morgan fingerprint density at radius 2 is 1.89 bits per heavy atom. The summed E-state index contributed by atoms with van der Waals surface area (Å²) in [7, 11) is 0. The topological polar surface area (TPSA) is 29.1 Å². The van der Waals surface area contributed by atoms with E-state index in [0.717, 1.165) is 26.4 Å². The average Bonchev–Trinajstić information content (AvgIpc) is 2.30. The van der Waals surface area contributed by atoms with Crippen molar-refractivity contribution in [1.82, 2.24) is 5.32 Å². The van der Waals surface area contributed by atoms with Gasteiger partial charge in [0.25, 0.3) is 5.91 Å². The molecule has 19 heavy (non-hydrogen) atoms. The van der Waals surface area contributed by atoms with Crippen LogP contribution in [0.2, 0.25) is 0 Å². The fourth-order valence-corrected chi connectivity index (χ4v) is 3.94. The normalized spacial score (nSPS) is 27.1. The number of carbonyl (C=O) groups excluding carboxylic acids is 1. The second-order valence-corrected chi connectivity index (χ2v) is 7.79. The Balaban J connectivity index is 2.06. The van der Waals surface area contributed by atoms with E-state index in [1.807, 2.05) is 18.2 Å². The molecule has 0 bridgehead atoms. The van der Waals surface area contributed by atoms with Crippen LogP contribution in [0.1, 0.15) is 43.5 Å². The molecule has 0 radical (unpaired) electrons. The molecule has 2 atom stereocenters. The highest BCUT2D eigenvalue weighted by Crippen LogP contribution is 2.29. The monoisotopic (exact) mass is 435 g/mol. The molecule has 0 saturated heterocycles. The zero-order chi connectivity index (χ0) is 14.0. The second kappa shape index (κ2) is 6.57. The van der Waals surface area contributed by atoms with Crippen molar-refractivity contribution in [2.24, 2.45) is 11.8 Å². The molecule has 104 valence electrons. The number of rotatable bonds is 2. The second-order valence-electron chi connectivity index (χ2n) is 5.71. The molecule has 1 aliphatic carbocycles. The zero-order valence-corrected chi connectivity index (χ0v) is 15.0. The maximum Gasteiger partial charge on any atom is 0.252 e. The van der Waals surface area contributed by atoms with Crippen LogP contribution in [0, 0.1) is 15.4 Å². The van der Waals surface area contributed by atoms with Crippen molar-refractivity contribution in [2.45, 2.75) is 39.2 Å². The fraction of sp³-hybridized carbons (Fsp3) is 0.533. The highest BCUT2D eigenvalue weighted by atomic mass is 127. The van der Waals surface area contributed by atoms with Crippen molar-refractivity contribution in [3.05, 3.63) is 31.8 Å². The van der Waals surface area contributed by atoms with Gasteiger partial charge in [-0.3, -0.25) is 4.79 Å². The first-order chi connectivity index (χ1) is 8.95. The van der Waals surface area contributed by atoms with Gasteiger partial charge in [0.2, 0.25) is 0 Å². The van der Waals surface area contributed by atoms with E-state index in [9.17, 15) is 4.79 Å². The molecule has 1 aromatic rings. The maximum absolute atomic E-state index is 12.4. The first kappa shape index (κ1) is 15.3. The van der Waals surface area contributed by atoms with Gasteiger partial charge in [0.1, 0.15) is 0 Å². The number of amides is 1. The third-order valence-corrected chi connectivity index (χ3v) is 5.12. The molecule has 1 N–H and O–H groups in total. The molecule has 1 amide bonds. The van der Waals surface area contributed by atoms with Crippen LogP contribution >= 0.6 is 38.5 Å². The van der Waals surface area contributed by atoms with Crippen molar-refractivity contribution in [3.8, 4) is 0 Å². The van der Waals surface area contributed by atoms with Crippen LogP contribution in [-0.4, -0.2) is 11.9 Å². The standard InChI is InChI=1S/C15H19BrINO/c1-9-5-10(2)7-12(6-9)18-15(19)13-8-11(16)3-4-14(13)17/h3-4,8-10,12H,5-7H2,1-2H3,(H,18,19). The Kier molecular flexibility index (Phi) is 5.29. The van der Waals surface area contributed by atoms with E-state index in [1.54, 1.807) is 0 Å². The Labute approximate surface area is 137 Å². The van der Waals surface area contributed by atoms with Gasteiger partial charge in [0.15, 0.2) is 0 Å². The quantitative estimate of drug-likeness (QED) is 0.675. The average molecular weight is 436 g/mol. The molecule has 0 aliphatic heterocycles. The van der Waals surface area contributed by atoms with Crippen molar-refractivity contribution >= 4 is 44.4 Å². The molecule has 2 nitrogen and oxygen atoms in total. The van der Waals surface area contributed by atoms with E-state index in [1.165, 1.54) is 6.42 Å². The van der Waals surface area contributed by atoms with Crippen LogP contribution < -0.4 is 5.32 Å². The summed E-state index contributed by atoms with van der Waals surface area (Å²) in [5, 5.41) is 3.20. The van der Waals surface area contributed by atoms with Crippen LogP contribution in [0.5, 0.6) is 0 Å². The first-order valence-electron chi connectivity index (χ1n) is 6.71. The van der Waals surface area contributed by atoms with Crippen molar-refractivity contribution in [3.63, 3.8) is 0 Å². The minimum Gasteiger partial charge on any atom is -0.349 e. The highest BCUT2D eigenvalue weighted by Gasteiger charge is 2.25. The summed E-state index contributed by atoms with van der Waals surface area (Å²) in [5.74, 6) is 1.46. The highest BCUT2D eigenvalue weighted by molar-refractivity contribution is 14.1. The summed E-state index contributed by atoms with van der Waals surface area (Å²) in [4.78, 5) is 12.4. The van der Waals surface area contributed by atoms with Crippen molar-refractivity contribution in [2.75, 3.05) is 0 Å². The lowest BCUT2D eigenvalue weighted by atomic mass is 9.80. The van der Waals surface area contributed by atoms with Gasteiger partial charge in [-0.25, -0.2) is 0 Å². The minimum absolute atomic E-state index is 0.0528. The summed E-state index contributed by atoms with van der Waals surface area (Å²) in [6.45, 7) is 4.55. The molecule has 1 saturated carbocycles. The predicted molar refractivity (Wildman–Crippen MR) is 90.3 cm³/mol. The van der Waals surface area contributed by atoms with Crippen LogP contribution in [0.3, 0.4) is 0 Å². The lowest BCUT2D eigenvalue weighted by Crippen LogP contribution is -2.40. The summed E-state index contributed by atoms with van der Waals surface area (Å²) in [6.07, 6.45) is 3.47. The van der Waals surface area contributed by atoms with Crippen molar-refractivity contribution in [1.29, 1.82) is 0 Å². The summed E-state index contributed by atoms with van der Waals surface area (Å²) in [6, 6.07) is 6.14. The molecule has 0 heterocycles. The van der Waals surface area contributed by atoms with Crippen LogP contribution in [0.15, 0.2) is 22.7 Å². The van der Waals surface area contributed by atoms with Gasteiger partial charge in [-0.05, 0) is 71.9 Å². The molecule has 0 aromatic heterocycles. The lowest BCUT2D eigenvalue weighted by Gasteiger charge is -2.32. The van der Waals surface area contributed by atoms with E-state index in [-0.39, 0.29) is 5.91 Å². The van der Waals surface area contributed by atoms with E-state index in [2.05, 4.69) is 57.7 Å². The van der Waals surface area contributed by atoms with E-state index in [4.69, 9.17) is 0 Å². The smallest absolute Gasteiger partial charge is 0.252 e. The lowest BCUT2D eigenvalue weighted by molar-refractivity contribution is 0.0910. The predicted octanol–water partition coefficient (Wildman–Crippen LogP) is 4.61. The summed E-state index contributed by atoms with van der Waals surface area (Å²) >= 11 is 5.64. The summed E-state index contributed by atoms with van der Waals surface area (Å²) < 4.78 is 1.94. The molecule has 4 heteroatoms. The molecular weight excluding hydrogens is 417 g/mol. The van der Waals surface area contributed by atoms with Gasteiger partial charge in [-0.2, -0.15) is 0 Å². The van der Waals surface area contributed by atoms with Gasteiger partial charge in [0, 0.05) is 14.1 Å². The SMILES string of the molecule is CC1CC(C)CC(NC(=O)c2cc(Br)ccc2I)C1. The Morgan fingerprint density at radius 3 is 2.53 bits per heavy atom. The number of carbonyl (C=O) groups is 1. The molecule has 2 unspecified atom stereocenters. The number of hydrogen-bond donors (Lipinski definition) is 1. The van der Waals surface area contributed by atoms with Gasteiger partial charge in [0.05, 0.1) is 5.56 Å². The maximum atomic E-state index is 12.4. The zero-order valence-electron chi connectivity index (χ0n) is 11.2. The third-order valence-electron chi connectivity index (χ3n) is 3.69. The Morgan fingerprint density at radius 1 is 1.26 bits per heavy atom. The van der Waals surface area contributed by atoms with Gasteiger partial charge >= 0.3 is 0 Å². The number of halogens is 2. The van der Waals surface area contributed by atoms with E-state index in [0.29, 0.717) is 17.9 Å².